The lowest BCUT2D eigenvalue weighted by molar-refractivity contribution is -0.929. The summed E-state index contributed by atoms with van der Waals surface area (Å²) in [5, 5.41) is 7.72. The summed E-state index contributed by atoms with van der Waals surface area (Å²) in [6, 6.07) is 20.2. The van der Waals surface area contributed by atoms with Crippen LogP contribution in [0.1, 0.15) is 32.3 Å². The number of fused-ring (bicyclic) bond motifs is 1. The van der Waals surface area contributed by atoms with E-state index in [1.807, 2.05) is 36.4 Å². The fourth-order valence-corrected chi connectivity index (χ4v) is 5.08. The van der Waals surface area contributed by atoms with E-state index in [1.165, 1.54) is 15.3 Å². The summed E-state index contributed by atoms with van der Waals surface area (Å²) in [5.74, 6) is 0.258. The highest BCUT2D eigenvalue weighted by Gasteiger charge is 2.26. The fourth-order valence-electron chi connectivity index (χ4n) is 4.01. The molecule has 3 heterocycles. The molecule has 2 aromatic carbocycles. The molecule has 1 aliphatic rings. The molecule has 2 N–H and O–H groups in total. The molecule has 0 bridgehead atoms. The van der Waals surface area contributed by atoms with Crippen LogP contribution in [0.3, 0.4) is 0 Å². The van der Waals surface area contributed by atoms with Crippen molar-refractivity contribution in [1.82, 2.24) is 10.1 Å². The normalized spacial score (nSPS) is 15.5. The minimum Gasteiger partial charge on any atom is -0.360 e. The molecule has 1 unspecified atom stereocenters. The van der Waals surface area contributed by atoms with Gasteiger partial charge in [0, 0.05) is 17.5 Å². The predicted molar refractivity (Wildman–Crippen MR) is 120 cm³/mol. The number of nitrogens with one attached hydrogen (secondary N) is 2. The van der Waals surface area contributed by atoms with Crippen LogP contribution in [0, 0.1) is 6.92 Å². The standard InChI is InChI=1S/C24H22N4O2S/c1-16-21(22(27-30-16)18-10-6-3-7-11-18)23(29)26-24-25-19-12-13-28(15-20(19)31-24)14-17-8-4-2-5-9-17/h2-11H,12-15H2,1H3,(H,25,26,29)/p+1. The smallest absolute Gasteiger partial charge is 0.263 e. The third-order valence-electron chi connectivity index (χ3n) is 5.56. The number of carbonyl (C=O) groups is 1. The van der Waals surface area contributed by atoms with Crippen molar-refractivity contribution in [2.45, 2.75) is 26.4 Å². The molecule has 0 spiro atoms. The second-order valence-electron chi connectivity index (χ2n) is 7.76. The lowest BCUT2D eigenvalue weighted by atomic mass is 10.1. The Bertz CT molecular complexity index is 1200. The van der Waals surface area contributed by atoms with Crippen LogP contribution in [-0.4, -0.2) is 22.6 Å². The molecule has 1 atom stereocenters. The third-order valence-corrected chi connectivity index (χ3v) is 6.57. The Morgan fingerprint density at radius 3 is 2.65 bits per heavy atom. The summed E-state index contributed by atoms with van der Waals surface area (Å²) >= 11 is 1.57. The monoisotopic (exact) mass is 431 g/mol. The van der Waals surface area contributed by atoms with Gasteiger partial charge in [-0.2, -0.15) is 0 Å². The van der Waals surface area contributed by atoms with Gasteiger partial charge in [0.05, 0.1) is 17.1 Å². The zero-order chi connectivity index (χ0) is 21.2. The van der Waals surface area contributed by atoms with Crippen LogP contribution in [0.2, 0.25) is 0 Å². The van der Waals surface area contributed by atoms with E-state index in [1.54, 1.807) is 18.3 Å². The van der Waals surface area contributed by atoms with Crippen LogP contribution in [0.15, 0.2) is 65.2 Å². The fraction of sp³-hybridized carbons (Fsp3) is 0.208. The van der Waals surface area contributed by atoms with Gasteiger partial charge in [0.25, 0.3) is 5.91 Å². The molecule has 0 fully saturated rings. The molecule has 0 saturated heterocycles. The van der Waals surface area contributed by atoms with Gasteiger partial charge in [-0.05, 0) is 6.92 Å². The molecule has 4 aromatic rings. The average molecular weight is 432 g/mol. The van der Waals surface area contributed by atoms with Gasteiger partial charge in [-0.25, -0.2) is 4.98 Å². The highest BCUT2D eigenvalue weighted by atomic mass is 32.1. The summed E-state index contributed by atoms with van der Waals surface area (Å²) < 4.78 is 5.33. The van der Waals surface area contributed by atoms with E-state index in [4.69, 9.17) is 9.51 Å². The molecule has 31 heavy (non-hydrogen) atoms. The van der Waals surface area contributed by atoms with E-state index in [0.29, 0.717) is 22.1 Å². The SMILES string of the molecule is Cc1onc(-c2ccccc2)c1C(=O)Nc1nc2c(s1)C[NH+](Cc1ccccc1)CC2. The number of hydrogen-bond acceptors (Lipinski definition) is 5. The molecular weight excluding hydrogens is 408 g/mol. The first-order chi connectivity index (χ1) is 15.2. The quantitative estimate of drug-likeness (QED) is 0.507. The molecule has 2 aromatic heterocycles. The number of rotatable bonds is 5. The number of thiazole rings is 1. The summed E-state index contributed by atoms with van der Waals surface area (Å²) in [6.45, 7) is 4.73. The zero-order valence-corrected chi connectivity index (χ0v) is 18.0. The number of carbonyl (C=O) groups excluding carboxylic acids is 1. The maximum Gasteiger partial charge on any atom is 0.263 e. The third kappa shape index (κ3) is 4.15. The molecule has 0 radical (unpaired) electrons. The van der Waals surface area contributed by atoms with Crippen molar-refractivity contribution in [3.63, 3.8) is 0 Å². The van der Waals surface area contributed by atoms with Crippen molar-refractivity contribution < 1.29 is 14.2 Å². The molecule has 0 saturated carbocycles. The summed E-state index contributed by atoms with van der Waals surface area (Å²) in [5.41, 5.74) is 4.30. The molecule has 1 aliphatic heterocycles. The maximum atomic E-state index is 13.1. The zero-order valence-electron chi connectivity index (χ0n) is 17.2. The summed E-state index contributed by atoms with van der Waals surface area (Å²) in [4.78, 5) is 20.5. The molecule has 1 amide bonds. The number of nitrogens with zero attached hydrogens (tertiary/aromatic N) is 2. The Labute approximate surface area is 184 Å². The maximum absolute atomic E-state index is 13.1. The van der Waals surface area contributed by atoms with Crippen LogP contribution in [0.5, 0.6) is 0 Å². The van der Waals surface area contributed by atoms with Crippen molar-refractivity contribution >= 4 is 22.4 Å². The topological polar surface area (TPSA) is 72.5 Å². The van der Waals surface area contributed by atoms with Gasteiger partial charge in [-0.3, -0.25) is 10.1 Å². The van der Waals surface area contributed by atoms with Crippen LogP contribution in [-0.2, 0) is 19.5 Å². The first-order valence-electron chi connectivity index (χ1n) is 10.4. The predicted octanol–water partition coefficient (Wildman–Crippen LogP) is 3.50. The van der Waals surface area contributed by atoms with Gasteiger partial charge in [0.1, 0.15) is 30.1 Å². The van der Waals surface area contributed by atoms with E-state index in [2.05, 4.69) is 34.7 Å². The van der Waals surface area contributed by atoms with Gasteiger partial charge in [-0.15, -0.1) is 0 Å². The van der Waals surface area contributed by atoms with Crippen molar-refractivity contribution in [3.8, 4) is 11.3 Å². The Balaban J connectivity index is 1.32. The number of quaternary nitrogens is 1. The first kappa shape index (κ1) is 19.7. The highest BCUT2D eigenvalue weighted by molar-refractivity contribution is 7.15. The van der Waals surface area contributed by atoms with E-state index >= 15 is 0 Å². The molecule has 0 aliphatic carbocycles. The molecule has 156 valence electrons. The molecule has 7 heteroatoms. The number of anilines is 1. The van der Waals surface area contributed by atoms with Gasteiger partial charge < -0.3 is 9.42 Å². The number of aromatic nitrogens is 2. The van der Waals surface area contributed by atoms with Gasteiger partial charge >= 0.3 is 0 Å². The Morgan fingerprint density at radius 2 is 1.87 bits per heavy atom. The van der Waals surface area contributed by atoms with E-state index in [-0.39, 0.29) is 5.91 Å². The molecule has 5 rings (SSSR count). The van der Waals surface area contributed by atoms with E-state index in [0.717, 1.165) is 37.3 Å². The molecular formula is C24H23N4O2S+. The number of aryl methyl sites for hydroxylation is 1. The van der Waals surface area contributed by atoms with Crippen molar-refractivity contribution in [2.75, 3.05) is 11.9 Å². The minimum absolute atomic E-state index is 0.239. The largest absolute Gasteiger partial charge is 0.360 e. The number of benzene rings is 2. The second kappa shape index (κ2) is 8.45. The lowest BCUT2D eigenvalue weighted by Crippen LogP contribution is -3.10. The van der Waals surface area contributed by atoms with Crippen molar-refractivity contribution in [2.24, 2.45) is 0 Å². The van der Waals surface area contributed by atoms with E-state index in [9.17, 15) is 4.79 Å². The Kier molecular flexibility index (Phi) is 5.36. The Hall–Kier alpha value is -3.29. The van der Waals surface area contributed by atoms with Crippen LogP contribution >= 0.6 is 11.3 Å². The van der Waals surface area contributed by atoms with E-state index < -0.39 is 0 Å². The van der Waals surface area contributed by atoms with Gasteiger partial charge in [0.15, 0.2) is 5.13 Å². The van der Waals surface area contributed by atoms with Crippen LogP contribution in [0.25, 0.3) is 11.3 Å². The highest BCUT2D eigenvalue weighted by Crippen LogP contribution is 2.28. The van der Waals surface area contributed by atoms with Gasteiger partial charge in [-0.1, -0.05) is 77.2 Å². The average Bonchev–Trinajstić information content (AvgIpc) is 3.37. The van der Waals surface area contributed by atoms with Crippen molar-refractivity contribution in [1.29, 1.82) is 0 Å². The first-order valence-corrected chi connectivity index (χ1v) is 11.2. The Morgan fingerprint density at radius 1 is 1.13 bits per heavy atom. The van der Waals surface area contributed by atoms with Crippen LogP contribution in [0.4, 0.5) is 5.13 Å². The number of hydrogen-bond donors (Lipinski definition) is 2. The molecule has 6 nitrogen and oxygen atoms in total. The minimum atomic E-state index is -0.239. The number of amides is 1. The summed E-state index contributed by atoms with van der Waals surface area (Å²) in [6.07, 6.45) is 0.922. The van der Waals surface area contributed by atoms with Gasteiger partial charge in [0.2, 0.25) is 0 Å². The van der Waals surface area contributed by atoms with Crippen LogP contribution < -0.4 is 10.2 Å². The van der Waals surface area contributed by atoms with Crippen molar-refractivity contribution in [3.05, 3.63) is 88.1 Å². The second-order valence-corrected chi connectivity index (χ2v) is 8.84. The summed E-state index contributed by atoms with van der Waals surface area (Å²) in [7, 11) is 0. The lowest BCUT2D eigenvalue weighted by Gasteiger charge is -2.22.